The molecule has 14 heteroatoms. The zero-order valence-corrected chi connectivity index (χ0v) is 17.4. The lowest BCUT2D eigenvalue weighted by Crippen LogP contribution is -2.32. The van der Waals surface area contributed by atoms with E-state index in [1.54, 1.807) is 6.20 Å². The summed E-state index contributed by atoms with van der Waals surface area (Å²) in [5.74, 6) is -5.30. The molecule has 1 fully saturated rings. The number of amides is 1. The first-order valence-electron chi connectivity index (χ1n) is 9.61. The number of anilines is 1. The summed E-state index contributed by atoms with van der Waals surface area (Å²) in [6.07, 6.45) is -2.90. The van der Waals surface area contributed by atoms with Crippen LogP contribution in [0.15, 0.2) is 36.7 Å². The van der Waals surface area contributed by atoms with Crippen LogP contribution in [-0.4, -0.2) is 51.4 Å². The standard InChI is InChI=1S/C16H19N3O.2C2HF3O2/c17-14-4-1-11(2-5-14)16(20)19-15-6-3-13-10-18-8-7-12(13)9-15;2*3-2(4,5)1(6)7/h3,6-11,14H,1-2,4-5,17H2,(H,19,20);2*(H,6,7). The maximum Gasteiger partial charge on any atom is 0.490 e. The minimum Gasteiger partial charge on any atom is -0.475 e. The van der Waals surface area contributed by atoms with Crippen LogP contribution in [0, 0.1) is 5.92 Å². The molecule has 188 valence electrons. The average molecular weight is 497 g/mol. The van der Waals surface area contributed by atoms with E-state index >= 15 is 0 Å². The lowest BCUT2D eigenvalue weighted by Gasteiger charge is -2.25. The Morgan fingerprint density at radius 2 is 1.38 bits per heavy atom. The number of rotatable bonds is 2. The smallest absolute Gasteiger partial charge is 0.475 e. The highest BCUT2D eigenvalue weighted by Gasteiger charge is 2.38. The maximum atomic E-state index is 12.2. The largest absolute Gasteiger partial charge is 0.490 e. The molecule has 0 spiro atoms. The zero-order valence-electron chi connectivity index (χ0n) is 17.4. The highest BCUT2D eigenvalue weighted by molar-refractivity contribution is 5.95. The molecule has 0 bridgehead atoms. The monoisotopic (exact) mass is 497 g/mol. The van der Waals surface area contributed by atoms with Crippen molar-refractivity contribution in [1.82, 2.24) is 4.98 Å². The number of carboxylic acids is 2. The minimum absolute atomic E-state index is 0.0999. The van der Waals surface area contributed by atoms with Crippen molar-refractivity contribution in [3.05, 3.63) is 36.7 Å². The van der Waals surface area contributed by atoms with E-state index in [9.17, 15) is 31.1 Å². The molecule has 0 aliphatic heterocycles. The highest BCUT2D eigenvalue weighted by atomic mass is 19.4. The number of nitrogens with zero attached hydrogens (tertiary/aromatic N) is 1. The van der Waals surface area contributed by atoms with E-state index in [-0.39, 0.29) is 17.9 Å². The van der Waals surface area contributed by atoms with Crippen molar-refractivity contribution >= 4 is 34.3 Å². The zero-order chi connectivity index (χ0) is 26.1. The van der Waals surface area contributed by atoms with Crippen molar-refractivity contribution in [3.63, 3.8) is 0 Å². The van der Waals surface area contributed by atoms with Crippen molar-refractivity contribution < 1.29 is 50.9 Å². The van der Waals surface area contributed by atoms with Gasteiger partial charge in [-0.2, -0.15) is 26.3 Å². The molecule has 1 aliphatic rings. The van der Waals surface area contributed by atoms with E-state index < -0.39 is 24.3 Å². The molecule has 2 aromatic rings. The summed E-state index contributed by atoms with van der Waals surface area (Å²) in [6, 6.07) is 8.12. The number of pyridine rings is 1. The number of alkyl halides is 6. The summed E-state index contributed by atoms with van der Waals surface area (Å²) in [6.45, 7) is 0. The second-order valence-electron chi connectivity index (χ2n) is 7.14. The van der Waals surface area contributed by atoms with Gasteiger partial charge in [-0.1, -0.05) is 6.07 Å². The minimum atomic E-state index is -5.08. The number of aliphatic carboxylic acids is 2. The number of carboxylic acid groups (broad SMARTS) is 2. The Balaban J connectivity index is 0.000000343. The number of hydrogen-bond donors (Lipinski definition) is 4. The van der Waals surface area contributed by atoms with Gasteiger partial charge in [0, 0.05) is 35.4 Å². The van der Waals surface area contributed by atoms with Gasteiger partial charge >= 0.3 is 24.3 Å². The van der Waals surface area contributed by atoms with Crippen molar-refractivity contribution in [2.24, 2.45) is 11.7 Å². The van der Waals surface area contributed by atoms with E-state index in [0.29, 0.717) is 0 Å². The number of carbonyl (C=O) groups is 3. The van der Waals surface area contributed by atoms with Crippen LogP contribution in [0.2, 0.25) is 0 Å². The SMILES string of the molecule is NC1CCC(C(=O)Nc2ccc3cnccc3c2)CC1.O=C(O)C(F)(F)F.O=C(O)C(F)(F)F. The van der Waals surface area contributed by atoms with Crippen molar-refractivity contribution in [2.75, 3.05) is 5.32 Å². The number of aromatic nitrogens is 1. The van der Waals surface area contributed by atoms with Crippen LogP contribution in [-0.2, 0) is 14.4 Å². The van der Waals surface area contributed by atoms with Gasteiger partial charge in [-0.3, -0.25) is 9.78 Å². The maximum absolute atomic E-state index is 12.2. The van der Waals surface area contributed by atoms with Gasteiger partial charge in [-0.15, -0.1) is 0 Å². The molecular weight excluding hydrogens is 476 g/mol. The van der Waals surface area contributed by atoms with Crippen LogP contribution in [0.4, 0.5) is 32.0 Å². The first kappa shape index (κ1) is 28.6. The Kier molecular flexibility index (Phi) is 10.2. The summed E-state index contributed by atoms with van der Waals surface area (Å²) < 4.78 is 63.5. The van der Waals surface area contributed by atoms with Crippen molar-refractivity contribution in [3.8, 4) is 0 Å². The second kappa shape index (κ2) is 12.2. The fourth-order valence-corrected chi connectivity index (χ4v) is 2.79. The quantitative estimate of drug-likeness (QED) is 0.460. The number of benzene rings is 1. The van der Waals surface area contributed by atoms with Crippen LogP contribution in [0.3, 0.4) is 0 Å². The van der Waals surface area contributed by atoms with Gasteiger partial charge in [0.2, 0.25) is 5.91 Å². The van der Waals surface area contributed by atoms with Crippen LogP contribution in [0.25, 0.3) is 10.8 Å². The van der Waals surface area contributed by atoms with Gasteiger partial charge in [0.1, 0.15) is 0 Å². The first-order valence-corrected chi connectivity index (χ1v) is 9.61. The van der Waals surface area contributed by atoms with Crippen LogP contribution < -0.4 is 11.1 Å². The lowest BCUT2D eigenvalue weighted by molar-refractivity contribution is -0.193. The molecule has 5 N–H and O–H groups in total. The molecule has 0 saturated heterocycles. The predicted octanol–water partition coefficient (Wildman–Crippen LogP) is 3.96. The van der Waals surface area contributed by atoms with E-state index in [4.69, 9.17) is 25.5 Å². The Bertz CT molecular complexity index is 965. The van der Waals surface area contributed by atoms with Gasteiger partial charge in [-0.25, -0.2) is 9.59 Å². The number of nitrogens with two attached hydrogens (primary N) is 1. The van der Waals surface area contributed by atoms with Gasteiger partial charge in [0.05, 0.1) is 0 Å². The van der Waals surface area contributed by atoms with Gasteiger partial charge in [0.25, 0.3) is 0 Å². The number of nitrogens with one attached hydrogen (secondary N) is 1. The Morgan fingerprint density at radius 3 is 1.85 bits per heavy atom. The third kappa shape index (κ3) is 10.0. The average Bonchev–Trinajstić information content (AvgIpc) is 2.73. The summed E-state index contributed by atoms with van der Waals surface area (Å²) in [5, 5.41) is 19.4. The number of fused-ring (bicyclic) bond motifs is 1. The molecule has 0 unspecified atom stereocenters. The first-order chi connectivity index (χ1) is 15.6. The fraction of sp³-hybridized carbons (Fsp3) is 0.400. The molecule has 3 rings (SSSR count). The van der Waals surface area contributed by atoms with Gasteiger partial charge < -0.3 is 21.3 Å². The number of hydrogen-bond acceptors (Lipinski definition) is 5. The third-order valence-electron chi connectivity index (χ3n) is 4.54. The summed E-state index contributed by atoms with van der Waals surface area (Å²) in [5.41, 5.74) is 6.72. The molecule has 1 aliphatic carbocycles. The Morgan fingerprint density at radius 1 is 0.882 bits per heavy atom. The molecule has 1 saturated carbocycles. The third-order valence-corrected chi connectivity index (χ3v) is 4.54. The fourth-order valence-electron chi connectivity index (χ4n) is 2.79. The number of carbonyl (C=O) groups excluding carboxylic acids is 1. The summed E-state index contributed by atoms with van der Waals surface area (Å²) in [4.78, 5) is 34.1. The Labute approximate surface area is 188 Å². The Hall–Kier alpha value is -3.42. The molecule has 1 aromatic heterocycles. The van der Waals surface area contributed by atoms with E-state index in [2.05, 4.69) is 10.3 Å². The van der Waals surface area contributed by atoms with Crippen molar-refractivity contribution in [2.45, 2.75) is 44.1 Å². The molecule has 1 aromatic carbocycles. The molecule has 34 heavy (non-hydrogen) atoms. The molecule has 1 heterocycles. The predicted molar refractivity (Wildman–Crippen MR) is 108 cm³/mol. The van der Waals surface area contributed by atoms with Crippen LogP contribution in [0.5, 0.6) is 0 Å². The number of halogens is 6. The van der Waals surface area contributed by atoms with E-state index in [1.165, 1.54) is 0 Å². The summed E-state index contributed by atoms with van der Waals surface area (Å²) >= 11 is 0. The van der Waals surface area contributed by atoms with E-state index in [0.717, 1.165) is 42.1 Å². The second-order valence-corrected chi connectivity index (χ2v) is 7.14. The van der Waals surface area contributed by atoms with Crippen LogP contribution in [0.1, 0.15) is 25.7 Å². The highest BCUT2D eigenvalue weighted by Crippen LogP contribution is 2.25. The van der Waals surface area contributed by atoms with Gasteiger partial charge in [-0.05, 0) is 49.3 Å². The van der Waals surface area contributed by atoms with Crippen molar-refractivity contribution in [1.29, 1.82) is 0 Å². The summed E-state index contributed by atoms with van der Waals surface area (Å²) in [7, 11) is 0. The van der Waals surface area contributed by atoms with Gasteiger partial charge in [0.15, 0.2) is 0 Å². The lowest BCUT2D eigenvalue weighted by atomic mass is 9.86. The molecule has 1 amide bonds. The molecule has 0 atom stereocenters. The van der Waals surface area contributed by atoms with E-state index in [1.807, 2.05) is 30.5 Å². The van der Waals surface area contributed by atoms with Crippen LogP contribution >= 0.6 is 0 Å². The molecular formula is C20H21F6N3O5. The molecule has 0 radical (unpaired) electrons. The topological polar surface area (TPSA) is 143 Å². The normalized spacial score (nSPS) is 18.0. The molecule has 8 nitrogen and oxygen atoms in total.